The van der Waals surface area contributed by atoms with Crippen LogP contribution in [-0.4, -0.2) is 37.0 Å². The Hall–Kier alpha value is -0.940. The van der Waals surface area contributed by atoms with Crippen LogP contribution in [0.15, 0.2) is 16.6 Å². The molecule has 1 saturated heterocycles. The predicted octanol–water partition coefficient (Wildman–Crippen LogP) is 1.94. The first-order chi connectivity index (χ1) is 8.11. The Morgan fingerprint density at radius 2 is 2.06 bits per heavy atom. The molecule has 1 aliphatic rings. The van der Waals surface area contributed by atoms with Crippen molar-refractivity contribution in [1.82, 2.24) is 10.2 Å². The second-order valence-electron chi connectivity index (χ2n) is 4.08. The van der Waals surface area contributed by atoms with Gasteiger partial charge in [-0.1, -0.05) is 15.9 Å². The molecule has 0 bridgehead atoms. The first-order valence-electron chi connectivity index (χ1n) is 5.56. The van der Waals surface area contributed by atoms with Gasteiger partial charge in [0.05, 0.1) is 5.56 Å². The lowest BCUT2D eigenvalue weighted by Crippen LogP contribution is -2.46. The van der Waals surface area contributed by atoms with Crippen LogP contribution < -0.4 is 5.32 Å². The maximum absolute atomic E-state index is 14.0. The van der Waals surface area contributed by atoms with Crippen molar-refractivity contribution in [2.24, 2.45) is 0 Å². The Labute approximate surface area is 108 Å². The lowest BCUT2D eigenvalue weighted by molar-refractivity contribution is 0.0731. The van der Waals surface area contributed by atoms with Crippen molar-refractivity contribution in [2.45, 2.75) is 6.92 Å². The molecule has 1 aromatic carbocycles. The second kappa shape index (κ2) is 5.14. The molecule has 1 fully saturated rings. The van der Waals surface area contributed by atoms with Crippen LogP contribution in [0.25, 0.3) is 0 Å². The van der Waals surface area contributed by atoms with E-state index in [9.17, 15) is 9.18 Å². The van der Waals surface area contributed by atoms with E-state index in [1.165, 1.54) is 6.07 Å². The number of nitrogens with zero attached hydrogens (tertiary/aromatic N) is 1. The van der Waals surface area contributed by atoms with Crippen molar-refractivity contribution < 1.29 is 9.18 Å². The van der Waals surface area contributed by atoms with Gasteiger partial charge >= 0.3 is 0 Å². The summed E-state index contributed by atoms with van der Waals surface area (Å²) in [7, 11) is 0. The average molecular weight is 301 g/mol. The van der Waals surface area contributed by atoms with Gasteiger partial charge in [0, 0.05) is 30.7 Å². The summed E-state index contributed by atoms with van der Waals surface area (Å²) in [5.41, 5.74) is 0.638. The third kappa shape index (κ3) is 2.50. The van der Waals surface area contributed by atoms with Gasteiger partial charge in [0.2, 0.25) is 0 Å². The number of carbonyl (C=O) groups excluding carboxylic acids is 1. The molecule has 1 aromatic rings. The van der Waals surface area contributed by atoms with E-state index in [0.717, 1.165) is 13.1 Å². The topological polar surface area (TPSA) is 32.3 Å². The first-order valence-corrected chi connectivity index (χ1v) is 6.35. The maximum atomic E-state index is 14.0. The van der Waals surface area contributed by atoms with Crippen molar-refractivity contribution in [1.29, 1.82) is 0 Å². The molecule has 1 amide bonds. The summed E-state index contributed by atoms with van der Waals surface area (Å²) in [6, 6.07) is 3.25. The summed E-state index contributed by atoms with van der Waals surface area (Å²) >= 11 is 3.25. The van der Waals surface area contributed by atoms with Gasteiger partial charge in [-0.25, -0.2) is 4.39 Å². The zero-order chi connectivity index (χ0) is 12.4. The number of carbonyl (C=O) groups is 1. The van der Waals surface area contributed by atoms with Gasteiger partial charge in [-0.15, -0.1) is 0 Å². The minimum atomic E-state index is -0.428. The molecule has 92 valence electrons. The molecule has 0 spiro atoms. The summed E-state index contributed by atoms with van der Waals surface area (Å²) in [6.07, 6.45) is 0. The molecule has 5 heteroatoms. The minimum absolute atomic E-state index is 0.160. The molecule has 1 heterocycles. The summed E-state index contributed by atoms with van der Waals surface area (Å²) in [4.78, 5) is 13.8. The molecule has 0 unspecified atom stereocenters. The largest absolute Gasteiger partial charge is 0.336 e. The van der Waals surface area contributed by atoms with Crippen LogP contribution in [0.1, 0.15) is 15.9 Å². The van der Waals surface area contributed by atoms with Crippen molar-refractivity contribution >= 4 is 21.8 Å². The number of hydrogen-bond acceptors (Lipinski definition) is 2. The molecular formula is C12H14BrFN2O. The fraction of sp³-hybridized carbons (Fsp3) is 0.417. The van der Waals surface area contributed by atoms with Crippen molar-refractivity contribution in [3.05, 3.63) is 33.5 Å². The maximum Gasteiger partial charge on any atom is 0.256 e. The van der Waals surface area contributed by atoms with Crippen LogP contribution in [0.2, 0.25) is 0 Å². The molecule has 3 nitrogen and oxygen atoms in total. The number of amides is 1. The van der Waals surface area contributed by atoms with Gasteiger partial charge in [0.15, 0.2) is 0 Å². The standard InChI is InChI=1S/C12H14BrFN2O/c1-8-10(13)3-2-9(11(8)14)12(17)16-6-4-15-5-7-16/h2-3,15H,4-7H2,1H3. The molecule has 1 aliphatic heterocycles. The number of piperazine rings is 1. The highest BCUT2D eigenvalue weighted by atomic mass is 79.9. The third-order valence-corrected chi connectivity index (χ3v) is 3.81. The Balaban J connectivity index is 2.27. The fourth-order valence-electron chi connectivity index (χ4n) is 1.86. The summed E-state index contributed by atoms with van der Waals surface area (Å²) in [6.45, 7) is 4.46. The zero-order valence-electron chi connectivity index (χ0n) is 9.59. The van der Waals surface area contributed by atoms with E-state index in [1.54, 1.807) is 17.9 Å². The molecule has 0 aliphatic carbocycles. The Kier molecular flexibility index (Phi) is 3.79. The van der Waals surface area contributed by atoms with Gasteiger partial charge in [-0.2, -0.15) is 0 Å². The highest BCUT2D eigenvalue weighted by Gasteiger charge is 2.22. The van der Waals surface area contributed by atoms with Crippen LogP contribution >= 0.6 is 15.9 Å². The summed E-state index contributed by atoms with van der Waals surface area (Å²) in [5, 5.41) is 3.16. The van der Waals surface area contributed by atoms with E-state index >= 15 is 0 Å². The van der Waals surface area contributed by atoms with Crippen LogP contribution in [0.3, 0.4) is 0 Å². The van der Waals surface area contributed by atoms with Crippen molar-refractivity contribution in [2.75, 3.05) is 26.2 Å². The van der Waals surface area contributed by atoms with Crippen LogP contribution in [-0.2, 0) is 0 Å². The molecule has 0 radical (unpaired) electrons. The van der Waals surface area contributed by atoms with Gasteiger partial charge in [-0.3, -0.25) is 4.79 Å². The first kappa shape index (κ1) is 12.5. The van der Waals surface area contributed by atoms with E-state index in [2.05, 4.69) is 21.2 Å². The molecular weight excluding hydrogens is 287 g/mol. The number of halogens is 2. The minimum Gasteiger partial charge on any atom is -0.336 e. The molecule has 2 rings (SSSR count). The molecule has 17 heavy (non-hydrogen) atoms. The van der Waals surface area contributed by atoms with E-state index in [4.69, 9.17) is 0 Å². The quantitative estimate of drug-likeness (QED) is 0.860. The van der Waals surface area contributed by atoms with Gasteiger partial charge in [0.25, 0.3) is 5.91 Å². The van der Waals surface area contributed by atoms with Gasteiger partial charge < -0.3 is 10.2 Å². The van der Waals surface area contributed by atoms with E-state index in [1.807, 2.05) is 0 Å². The second-order valence-corrected chi connectivity index (χ2v) is 4.93. The molecule has 0 saturated carbocycles. The van der Waals surface area contributed by atoms with Crippen molar-refractivity contribution in [3.63, 3.8) is 0 Å². The zero-order valence-corrected chi connectivity index (χ0v) is 11.2. The van der Waals surface area contributed by atoms with E-state index < -0.39 is 5.82 Å². The monoisotopic (exact) mass is 300 g/mol. The Morgan fingerprint density at radius 1 is 1.41 bits per heavy atom. The van der Waals surface area contributed by atoms with Gasteiger partial charge in [-0.05, 0) is 24.6 Å². The lowest BCUT2D eigenvalue weighted by atomic mass is 10.1. The summed E-state index contributed by atoms with van der Waals surface area (Å²) < 4.78 is 14.7. The van der Waals surface area contributed by atoms with Gasteiger partial charge in [0.1, 0.15) is 5.82 Å². The number of rotatable bonds is 1. The molecule has 0 atom stereocenters. The van der Waals surface area contributed by atoms with Crippen LogP contribution in [0.4, 0.5) is 4.39 Å². The number of hydrogen-bond donors (Lipinski definition) is 1. The van der Waals surface area contributed by atoms with Crippen LogP contribution in [0, 0.1) is 12.7 Å². The SMILES string of the molecule is Cc1c(Br)ccc(C(=O)N2CCNCC2)c1F. The third-order valence-electron chi connectivity index (χ3n) is 2.95. The normalized spacial score (nSPS) is 16.1. The summed E-state index contributed by atoms with van der Waals surface area (Å²) in [5.74, 6) is -0.650. The highest BCUT2D eigenvalue weighted by Crippen LogP contribution is 2.22. The average Bonchev–Trinajstić information content (AvgIpc) is 2.36. The Bertz CT molecular complexity index is 444. The lowest BCUT2D eigenvalue weighted by Gasteiger charge is -2.27. The van der Waals surface area contributed by atoms with Crippen LogP contribution in [0.5, 0.6) is 0 Å². The number of nitrogens with one attached hydrogen (secondary N) is 1. The molecule has 1 N–H and O–H groups in total. The number of benzene rings is 1. The fourth-order valence-corrected chi connectivity index (χ4v) is 2.17. The van der Waals surface area contributed by atoms with E-state index in [0.29, 0.717) is 23.1 Å². The molecule has 0 aromatic heterocycles. The Morgan fingerprint density at radius 3 is 2.71 bits per heavy atom. The van der Waals surface area contributed by atoms with Crippen molar-refractivity contribution in [3.8, 4) is 0 Å². The smallest absolute Gasteiger partial charge is 0.256 e. The highest BCUT2D eigenvalue weighted by molar-refractivity contribution is 9.10. The predicted molar refractivity (Wildman–Crippen MR) is 67.6 cm³/mol. The van der Waals surface area contributed by atoms with E-state index in [-0.39, 0.29) is 11.5 Å².